The predicted octanol–water partition coefficient (Wildman–Crippen LogP) is 0.221. The van der Waals surface area contributed by atoms with Crippen molar-refractivity contribution in [3.05, 3.63) is 118 Å². The lowest BCUT2D eigenvalue weighted by Crippen LogP contribution is -2.62. The molecule has 1 saturated carbocycles. The summed E-state index contributed by atoms with van der Waals surface area (Å²) < 4.78 is 0. The van der Waals surface area contributed by atoms with E-state index in [0.29, 0.717) is 56.6 Å². The second-order valence-corrected chi connectivity index (χ2v) is 36.6. The number of phenols is 1. The van der Waals surface area contributed by atoms with Gasteiger partial charge >= 0.3 is 0 Å². The van der Waals surface area contributed by atoms with Crippen LogP contribution in [0, 0.1) is 5.92 Å². The highest BCUT2D eigenvalue weighted by Crippen LogP contribution is 2.38. The molecule has 5 aromatic rings. The number of hydrogen-bond acceptors (Lipinski definition) is 23. The molecule has 2 aromatic carbocycles. The Hall–Kier alpha value is -12.6. The number of nitrogens with zero attached hydrogens (tertiary/aromatic N) is 6. The van der Waals surface area contributed by atoms with E-state index in [1.54, 1.807) is 88.7 Å². The minimum Gasteiger partial charge on any atom is -0.508 e. The van der Waals surface area contributed by atoms with Gasteiger partial charge in [-0.1, -0.05) is 103 Å². The summed E-state index contributed by atoms with van der Waals surface area (Å²) in [7, 11) is 2.61. The third kappa shape index (κ3) is 28.7. The number of thioether (sulfide) groups is 1. The number of phenolic OH excluding ortho intramolecular Hbond substituents is 1. The number of aromatic nitrogens is 3. The van der Waals surface area contributed by atoms with E-state index in [2.05, 4.69) is 74.7 Å². The van der Waals surface area contributed by atoms with E-state index < -0.39 is 215 Å². The van der Waals surface area contributed by atoms with E-state index in [1.165, 1.54) is 97.7 Å². The number of rotatable bonds is 27. The largest absolute Gasteiger partial charge is 0.508 e. The number of allylic oxidation sites excluding steroid dienone is 1. The number of aliphatic hydroxyl groups is 1. The molecule has 3 aliphatic rings. The number of aliphatic hydroxyl groups excluding tert-OH is 1. The first-order valence-electron chi connectivity index (χ1n) is 45.4. The Morgan fingerprint density at radius 1 is 0.649 bits per heavy atom. The molecule has 134 heavy (non-hydrogen) atoms. The number of carbonyl (C=O) groups excluding carboxylic acids is 17. The first kappa shape index (κ1) is 107. The molecule has 15 atom stereocenters. The Morgan fingerprint density at radius 2 is 1.25 bits per heavy atom. The van der Waals surface area contributed by atoms with Gasteiger partial charge in [0.2, 0.25) is 100 Å². The molecule has 40 nitrogen and oxygen atoms in total. The maximum absolute atomic E-state index is 15.9. The molecule has 730 valence electrons. The maximum Gasteiger partial charge on any atom is 0.249 e. The van der Waals surface area contributed by atoms with Gasteiger partial charge in [0.15, 0.2) is 0 Å². The van der Waals surface area contributed by atoms with Gasteiger partial charge in [0.05, 0.1) is 31.1 Å². The van der Waals surface area contributed by atoms with Crippen molar-refractivity contribution in [3.8, 4) is 5.75 Å². The quantitative estimate of drug-likeness (QED) is 0.0334. The number of nitrogens with two attached hydrogens (primary N) is 3. The summed E-state index contributed by atoms with van der Waals surface area (Å²) in [6.45, 7) is 17.7. The molecule has 2 saturated heterocycles. The third-order valence-corrected chi connectivity index (χ3v) is 26.1. The van der Waals surface area contributed by atoms with E-state index in [9.17, 15) is 53.4 Å². The lowest BCUT2D eigenvalue weighted by Gasteiger charge is -2.37. The van der Waals surface area contributed by atoms with E-state index in [1.807, 2.05) is 6.92 Å². The Bertz CT molecular complexity index is 5040. The number of H-pyrrole nitrogens is 2. The summed E-state index contributed by atoms with van der Waals surface area (Å²) in [4.78, 5) is 268. The van der Waals surface area contributed by atoms with Crippen molar-refractivity contribution >= 4 is 147 Å². The van der Waals surface area contributed by atoms with Crippen LogP contribution in [0.25, 0.3) is 23.1 Å². The molecule has 1 spiro atoms. The number of hydrogen-bond donors (Lipinski definition) is 17. The highest BCUT2D eigenvalue weighted by Gasteiger charge is 2.62. The topological polar surface area (TPSA) is 590 Å². The molecule has 42 heteroatoms. The van der Waals surface area contributed by atoms with Crippen LogP contribution in [-0.2, 0) is 107 Å². The lowest BCUT2D eigenvalue weighted by molar-refractivity contribution is -0.150. The fourth-order valence-corrected chi connectivity index (χ4v) is 18.1. The third-order valence-electron chi connectivity index (χ3n) is 24.0. The van der Waals surface area contributed by atoms with Gasteiger partial charge in [-0.15, -0.1) is 23.1 Å². The number of benzene rings is 2. The van der Waals surface area contributed by atoms with Crippen molar-refractivity contribution in [3.63, 3.8) is 0 Å². The number of para-hydroxylation sites is 1. The Labute approximate surface area is 787 Å². The van der Waals surface area contributed by atoms with Gasteiger partial charge in [-0.3, -0.25) is 81.5 Å². The Morgan fingerprint density at radius 3 is 1.87 bits per heavy atom. The molecule has 8 rings (SSSR count). The van der Waals surface area contributed by atoms with Crippen LogP contribution in [0.3, 0.4) is 0 Å². The van der Waals surface area contributed by atoms with Crippen molar-refractivity contribution < 1.29 is 91.7 Å². The number of likely N-dealkylation sites (N-methyl/N-ethyl adjacent to an activating group) is 2. The summed E-state index contributed by atoms with van der Waals surface area (Å²) >= 11 is 2.09. The zero-order valence-electron chi connectivity index (χ0n) is 77.9. The number of nitrogens with one attached hydrogen (secondary N) is 12. The fourth-order valence-electron chi connectivity index (χ4n) is 16.3. The molecule has 5 heterocycles. The number of fused-ring (bicyclic) bond motifs is 2. The number of aromatic amines is 2. The molecule has 2 unspecified atom stereocenters. The molecule has 3 aromatic heterocycles. The monoisotopic (exact) mass is 1900 g/mol. The van der Waals surface area contributed by atoms with Crippen molar-refractivity contribution in [1.29, 1.82) is 0 Å². The number of imidazole rings is 1. The summed E-state index contributed by atoms with van der Waals surface area (Å²) in [5.41, 5.74) is 18.2. The first-order valence-corrected chi connectivity index (χ1v) is 47.4. The minimum atomic E-state index is -2.16. The number of unbranched alkanes of at least 4 members (excludes halogenated alkanes) is 1. The molecule has 0 bridgehead atoms. The normalized spacial score (nSPS) is 25.4. The standard InChI is InChI=1S/C92H131N21O19S2/c1-13-18-27-72-90(131)112(35-16-4)54(10)79(120)101-63(26-21-33-93)82(123)106-70(81(122)98-46-76(95)117)48-133-49-77(118)100-67(38-55-29-31-59(114)32-30-55)86(127)109(11)52(8)78(119)104-69(42-75(94)116)88(129)111(34-15-3)53(9)80(121)102-65(41-58-45-96-50-99-58)83(124)105-66(37-51(6)7)89(130)113-36-22-28-71(113)85(126)103-64(39-56-44-97-62-25-20-19-24-60(56)62)84(125)108-92(43-74(92)115)91(132)107-68(87(128)110(72)12)40-57-47-134-73(17-5)61(57)23-14-2/h14,17,19-20,23-25,29-32,44-45,47,50-54,63-72,74,97,114-115H,5,13,15-16,18,21-22,26-28,33-43,46,48-49,93H2,1-4,6-12H3,(H2,94,116)(H2,95,117)(H,96,99)(H,98,122)(H,100,118)(H,101,120)(H,102,121)(H,103,126)(H,104,119)(H,105,124)(H,106,123)(H,107,132)(H,108,125)/b23-14-/t52-,53-,54+,63-,64-,65-,66-,67-,68-,69-,70-,71-,72-,74?,92?/m0/s1. The van der Waals surface area contributed by atoms with Crippen molar-refractivity contribution in [2.24, 2.45) is 23.1 Å². The molecular formula is C92H131N21O19S2. The lowest BCUT2D eigenvalue weighted by atomic mass is 9.99. The summed E-state index contributed by atoms with van der Waals surface area (Å²) in [6.07, 6.45) is 7.45. The van der Waals surface area contributed by atoms with Gasteiger partial charge in [-0.2, -0.15) is 0 Å². The van der Waals surface area contributed by atoms with Crippen LogP contribution in [0.2, 0.25) is 0 Å². The first-order chi connectivity index (χ1) is 63.7. The molecule has 1 aliphatic carbocycles. The van der Waals surface area contributed by atoms with Crippen LogP contribution in [-0.4, -0.2) is 299 Å². The molecule has 2 aliphatic heterocycles. The number of carbonyl (C=O) groups is 17. The van der Waals surface area contributed by atoms with Crippen LogP contribution in [0.15, 0.2) is 85.3 Å². The predicted molar refractivity (Wildman–Crippen MR) is 503 cm³/mol. The summed E-state index contributed by atoms with van der Waals surface area (Å²) in [6, 6.07) is -6.64. The van der Waals surface area contributed by atoms with Crippen LogP contribution in [0.4, 0.5) is 0 Å². The second-order valence-electron chi connectivity index (χ2n) is 34.6. The number of aromatic hydroxyl groups is 1. The van der Waals surface area contributed by atoms with Gasteiger partial charge in [0.25, 0.3) is 0 Å². The van der Waals surface area contributed by atoms with Crippen molar-refractivity contribution in [1.82, 2.24) is 92.6 Å². The average molecular weight is 1900 g/mol. The smallest absolute Gasteiger partial charge is 0.249 e. The number of amides is 17. The number of primary amides is 2. The van der Waals surface area contributed by atoms with E-state index in [0.717, 1.165) is 21.6 Å². The van der Waals surface area contributed by atoms with Crippen molar-refractivity contribution in [2.45, 2.75) is 255 Å². The Kier molecular flexibility index (Phi) is 40.2. The van der Waals surface area contributed by atoms with Gasteiger partial charge in [0, 0.05) is 105 Å². The van der Waals surface area contributed by atoms with Crippen LogP contribution in [0.5, 0.6) is 5.75 Å². The van der Waals surface area contributed by atoms with Crippen LogP contribution >= 0.6 is 23.1 Å². The molecule has 20 N–H and O–H groups in total. The Balaban J connectivity index is 1.21. The molecular weight excluding hydrogens is 1770 g/mol. The SMILES string of the molecule is C=Cc1scc(C[C@@H]2NC(=O)C3(CC3O)NC(=O)[C@H](Cc3c[nH]c4ccccc34)NC(=O)[C@@H]3CCCN3C(=O)[C@H](CC(C)C)NC(=O)[C@H](Cc3cnc[nH]3)NC(=O)[C@H](C)N(CCC)C(=O)[C@H](CC(N)=O)NC(=O)[C@H](C)N(C)C(=O)[C@H](Cc3ccc(O)cc3)NC(=O)CSC[C@@H](C(=O)NCC(N)=O)NC(=O)[C@H](CCCN)NC(=O)[C@@H](C)N(CCC)C(=O)[C@H](CCCC)N(C)C2=O)c1/C=C\C. The van der Waals surface area contributed by atoms with Gasteiger partial charge in [-0.05, 0) is 137 Å². The zero-order valence-corrected chi connectivity index (χ0v) is 79.5. The molecule has 0 radical (unpaired) electrons. The highest BCUT2D eigenvalue weighted by molar-refractivity contribution is 8.00. The average Bonchev–Trinajstić information content (AvgIpc) is 1.58. The number of thiophene rings is 1. The van der Waals surface area contributed by atoms with E-state index >= 15 is 38.4 Å². The summed E-state index contributed by atoms with van der Waals surface area (Å²) in [5, 5.41) is 51.4. The molecule has 17 amide bonds. The van der Waals surface area contributed by atoms with E-state index in [4.69, 9.17) is 17.2 Å². The van der Waals surface area contributed by atoms with Crippen LogP contribution in [0.1, 0.15) is 172 Å². The van der Waals surface area contributed by atoms with Gasteiger partial charge in [-0.25, -0.2) is 4.98 Å². The fraction of sp³-hybridized carbons (Fsp3) is 0.543. The maximum atomic E-state index is 15.9. The second kappa shape index (κ2) is 50.5. The highest BCUT2D eigenvalue weighted by atomic mass is 32.2. The van der Waals surface area contributed by atoms with Gasteiger partial charge < -0.3 is 115 Å². The van der Waals surface area contributed by atoms with E-state index in [-0.39, 0.29) is 121 Å². The van der Waals surface area contributed by atoms with Crippen molar-refractivity contribution in [2.75, 3.05) is 58.3 Å². The van der Waals surface area contributed by atoms with Crippen LogP contribution < -0.4 is 70.4 Å². The summed E-state index contributed by atoms with van der Waals surface area (Å²) in [5.74, 6) is -16.7. The zero-order chi connectivity index (χ0) is 98.5. The minimum absolute atomic E-state index is 0.00534. The van der Waals surface area contributed by atoms with Gasteiger partial charge in [0.1, 0.15) is 89.8 Å². The molecule has 3 fully saturated rings.